The summed E-state index contributed by atoms with van der Waals surface area (Å²) in [5.41, 5.74) is 6.72. The van der Waals surface area contributed by atoms with Crippen LogP contribution < -0.4 is 5.73 Å². The summed E-state index contributed by atoms with van der Waals surface area (Å²) in [7, 11) is 0. The van der Waals surface area contributed by atoms with E-state index in [1.54, 1.807) is 0 Å². The zero-order valence-electron chi connectivity index (χ0n) is 6.27. The first-order valence-electron chi connectivity index (χ1n) is 3.09. The molecule has 0 aliphatic carbocycles. The first-order chi connectivity index (χ1) is 4.95. The molecule has 64 valence electrons. The number of nitrogens with one attached hydrogen (secondary N) is 1. The molecule has 0 spiro atoms. The minimum absolute atomic E-state index is 0.0118. The summed E-state index contributed by atoms with van der Waals surface area (Å²) in [4.78, 5) is 0. The van der Waals surface area contributed by atoms with Gasteiger partial charge in [-0.3, -0.25) is 0 Å². The quantitative estimate of drug-likeness (QED) is 0.418. The second-order valence-electron chi connectivity index (χ2n) is 2.47. The van der Waals surface area contributed by atoms with Gasteiger partial charge in [-0.05, 0) is 0 Å². The Hall–Kier alpha value is -0.450. The van der Waals surface area contributed by atoms with E-state index in [1.807, 2.05) is 13.8 Å². The standard InChI is InChI=1S/C6H9N4.Au/c1-3-4(2)9-10-5(3)6(7)8;/h1-2H3,(H3,7,8);. The summed E-state index contributed by atoms with van der Waals surface area (Å²) in [5.74, 6) is -0.0118. The topological polar surface area (TPSA) is 74.6 Å². The first-order valence-corrected chi connectivity index (χ1v) is 4.17. The molecule has 3 N–H and O–H groups in total. The number of azo groups is 1. The van der Waals surface area contributed by atoms with Crippen LogP contribution in [0.2, 0.25) is 0 Å². The number of rotatable bonds is 1. The fourth-order valence-corrected chi connectivity index (χ4v) is 1.12. The average Bonchev–Trinajstić information content (AvgIpc) is 2.09. The van der Waals surface area contributed by atoms with Gasteiger partial charge >= 0.3 is 77.1 Å². The van der Waals surface area contributed by atoms with Crippen LogP contribution in [0.5, 0.6) is 0 Å². The van der Waals surface area contributed by atoms with Crippen LogP contribution in [0.25, 0.3) is 0 Å². The zero-order chi connectivity index (χ0) is 8.65. The molecule has 0 saturated heterocycles. The van der Waals surface area contributed by atoms with Gasteiger partial charge < -0.3 is 0 Å². The molecule has 0 aromatic heterocycles. The number of amidine groups is 1. The maximum absolute atomic E-state index is 7.16. The Kier molecular flexibility index (Phi) is 2.00. The Labute approximate surface area is 77.4 Å². The normalized spacial score (nSPS) is 29.8. The van der Waals surface area contributed by atoms with Gasteiger partial charge in [0.2, 0.25) is 0 Å². The van der Waals surface area contributed by atoms with Gasteiger partial charge in [0.25, 0.3) is 0 Å². The van der Waals surface area contributed by atoms with Crippen LogP contribution in [0.15, 0.2) is 21.5 Å². The van der Waals surface area contributed by atoms with Crippen molar-refractivity contribution in [3.05, 3.63) is 11.3 Å². The van der Waals surface area contributed by atoms with Crippen LogP contribution in [-0.4, -0.2) is 9.59 Å². The maximum atomic E-state index is 7.16. The van der Waals surface area contributed by atoms with Gasteiger partial charge in [0.05, 0.1) is 0 Å². The van der Waals surface area contributed by atoms with Gasteiger partial charge in [-0.1, -0.05) is 0 Å². The van der Waals surface area contributed by atoms with E-state index in [9.17, 15) is 0 Å². The Bertz CT molecular complexity index is 264. The molecule has 5 heteroatoms. The molecule has 0 bridgehead atoms. The van der Waals surface area contributed by atoms with Crippen molar-refractivity contribution in [2.75, 3.05) is 0 Å². The number of nitrogens with two attached hydrogens (primary N) is 1. The van der Waals surface area contributed by atoms with Crippen molar-refractivity contribution in [2.24, 2.45) is 16.0 Å². The fraction of sp³-hybridized carbons (Fsp3) is 0.500. The molecule has 0 fully saturated rings. The summed E-state index contributed by atoms with van der Waals surface area (Å²) >= 11 is 2.36. The summed E-state index contributed by atoms with van der Waals surface area (Å²) in [5, 5.41) is 14.9. The molecule has 11 heavy (non-hydrogen) atoms. The molecule has 0 aromatic rings. The van der Waals surface area contributed by atoms with E-state index in [0.717, 1.165) is 5.57 Å². The van der Waals surface area contributed by atoms with E-state index in [-0.39, 0.29) is 9.59 Å². The van der Waals surface area contributed by atoms with Crippen LogP contribution in [0.4, 0.5) is 0 Å². The summed E-state index contributed by atoms with van der Waals surface area (Å²) < 4.78 is -0.332. The Morgan fingerprint density at radius 3 is 2.45 bits per heavy atom. The summed E-state index contributed by atoms with van der Waals surface area (Å²) in [6, 6.07) is 0. The summed E-state index contributed by atoms with van der Waals surface area (Å²) in [6.07, 6.45) is 0. The molecular weight excluding hydrogens is 325 g/mol. The van der Waals surface area contributed by atoms with Crippen LogP contribution in [0, 0.1) is 5.41 Å². The molecule has 0 saturated carbocycles. The van der Waals surface area contributed by atoms with E-state index in [4.69, 9.17) is 11.1 Å². The van der Waals surface area contributed by atoms with Crippen molar-refractivity contribution in [2.45, 2.75) is 17.6 Å². The SMILES string of the molecule is CC1=C(C(=N)N)N=N[C]1(C)[Au]. The third kappa shape index (κ3) is 1.42. The van der Waals surface area contributed by atoms with Crippen LogP contribution >= 0.6 is 0 Å². The average molecular weight is 334 g/mol. The van der Waals surface area contributed by atoms with E-state index in [1.165, 1.54) is 0 Å². The molecule has 1 aliphatic heterocycles. The van der Waals surface area contributed by atoms with Gasteiger partial charge in [0, 0.05) is 0 Å². The van der Waals surface area contributed by atoms with Gasteiger partial charge in [-0.15, -0.1) is 0 Å². The van der Waals surface area contributed by atoms with Gasteiger partial charge in [0.15, 0.2) is 0 Å². The van der Waals surface area contributed by atoms with E-state index >= 15 is 0 Å². The van der Waals surface area contributed by atoms with Crippen LogP contribution in [0.1, 0.15) is 13.8 Å². The molecule has 0 aromatic carbocycles. The molecular formula is C6H9AuN4. The minimum atomic E-state index is -0.332. The number of nitrogens with zero attached hydrogens (tertiary/aromatic N) is 2. The molecule has 0 radical (unpaired) electrons. The van der Waals surface area contributed by atoms with Gasteiger partial charge in [-0.25, -0.2) is 0 Å². The zero-order valence-corrected chi connectivity index (χ0v) is 8.44. The second-order valence-corrected chi connectivity index (χ2v) is 4.58. The number of hydrogen-bond donors (Lipinski definition) is 2. The van der Waals surface area contributed by atoms with E-state index in [0.29, 0.717) is 5.70 Å². The predicted molar refractivity (Wildman–Crippen MR) is 37.9 cm³/mol. The first kappa shape index (κ1) is 8.65. The van der Waals surface area contributed by atoms with Crippen molar-refractivity contribution >= 4 is 5.84 Å². The van der Waals surface area contributed by atoms with Crippen LogP contribution in [0.3, 0.4) is 0 Å². The Balaban J connectivity index is 3.09. The Morgan fingerprint density at radius 1 is 1.73 bits per heavy atom. The molecule has 1 rings (SSSR count). The van der Waals surface area contributed by atoms with Crippen LogP contribution in [-0.2, 0) is 21.1 Å². The molecule has 4 nitrogen and oxygen atoms in total. The van der Waals surface area contributed by atoms with E-state index in [2.05, 4.69) is 31.3 Å². The predicted octanol–water partition coefficient (Wildman–Crippen LogP) is 0.925. The van der Waals surface area contributed by atoms with Crippen molar-refractivity contribution in [1.82, 2.24) is 0 Å². The molecule has 1 heterocycles. The van der Waals surface area contributed by atoms with Gasteiger partial charge in [0.1, 0.15) is 0 Å². The van der Waals surface area contributed by atoms with Crippen molar-refractivity contribution in [1.29, 1.82) is 5.41 Å². The molecule has 1 atom stereocenters. The summed E-state index contributed by atoms with van der Waals surface area (Å²) in [6.45, 7) is 3.81. The molecule has 1 aliphatic rings. The fourth-order valence-electron chi connectivity index (χ4n) is 0.753. The third-order valence-corrected chi connectivity index (χ3v) is 2.63. The van der Waals surface area contributed by atoms with E-state index < -0.39 is 0 Å². The monoisotopic (exact) mass is 334 g/mol. The van der Waals surface area contributed by atoms with Gasteiger partial charge in [-0.2, -0.15) is 0 Å². The van der Waals surface area contributed by atoms with Crippen molar-refractivity contribution in [3.8, 4) is 0 Å². The second kappa shape index (κ2) is 2.55. The molecule has 1 unspecified atom stereocenters. The van der Waals surface area contributed by atoms with Crippen molar-refractivity contribution < 1.29 is 21.1 Å². The molecule has 0 amide bonds. The number of hydrogen-bond acceptors (Lipinski definition) is 3. The third-order valence-electron chi connectivity index (χ3n) is 1.60. The van der Waals surface area contributed by atoms with Crippen molar-refractivity contribution in [3.63, 3.8) is 0 Å². The Morgan fingerprint density at radius 2 is 2.27 bits per heavy atom.